The summed E-state index contributed by atoms with van der Waals surface area (Å²) in [5.41, 5.74) is -0.0533. The molecule has 0 amide bonds. The minimum absolute atomic E-state index is 0.0533. The van der Waals surface area contributed by atoms with Gasteiger partial charge in [0.15, 0.2) is 0 Å². The number of H-pyrrole nitrogens is 1. The van der Waals surface area contributed by atoms with E-state index in [9.17, 15) is 4.79 Å². The monoisotopic (exact) mass is 278 g/mol. The largest absolute Gasteiger partial charge is 0.356 e. The highest BCUT2D eigenvalue weighted by molar-refractivity contribution is 5.37. The zero-order chi connectivity index (χ0) is 14.5. The van der Waals surface area contributed by atoms with Crippen molar-refractivity contribution in [1.29, 1.82) is 0 Å². The van der Waals surface area contributed by atoms with E-state index in [0.717, 1.165) is 37.8 Å². The Labute approximate surface area is 120 Å². The maximum atomic E-state index is 11.8. The molecular formula is C15H26N4O. The molecule has 0 unspecified atom stereocenters. The highest BCUT2D eigenvalue weighted by atomic mass is 16.1. The van der Waals surface area contributed by atoms with Gasteiger partial charge in [0, 0.05) is 25.1 Å². The molecule has 2 rings (SSSR count). The van der Waals surface area contributed by atoms with E-state index in [1.807, 2.05) is 13.8 Å². The lowest BCUT2D eigenvalue weighted by atomic mass is 9.97. The predicted octanol–water partition coefficient (Wildman–Crippen LogP) is 1.72. The van der Waals surface area contributed by atoms with Gasteiger partial charge in [-0.2, -0.15) is 0 Å². The number of hydrogen-bond acceptors (Lipinski definition) is 4. The van der Waals surface area contributed by atoms with Crippen LogP contribution in [0.3, 0.4) is 0 Å². The Morgan fingerprint density at radius 2 is 2.10 bits per heavy atom. The molecule has 0 spiro atoms. The summed E-state index contributed by atoms with van der Waals surface area (Å²) in [4.78, 5) is 21.5. The molecule has 0 aliphatic carbocycles. The molecule has 20 heavy (non-hydrogen) atoms. The Morgan fingerprint density at radius 1 is 1.40 bits per heavy atom. The lowest BCUT2D eigenvalue weighted by Gasteiger charge is -2.30. The van der Waals surface area contributed by atoms with Gasteiger partial charge < -0.3 is 15.2 Å². The van der Waals surface area contributed by atoms with Crippen molar-refractivity contribution in [1.82, 2.24) is 15.3 Å². The molecule has 1 aliphatic rings. The summed E-state index contributed by atoms with van der Waals surface area (Å²) in [5.74, 6) is 2.52. The van der Waals surface area contributed by atoms with E-state index in [1.165, 1.54) is 12.8 Å². The van der Waals surface area contributed by atoms with Crippen molar-refractivity contribution in [3.05, 3.63) is 22.2 Å². The van der Waals surface area contributed by atoms with Crippen LogP contribution in [0.15, 0.2) is 10.9 Å². The van der Waals surface area contributed by atoms with E-state index in [-0.39, 0.29) is 11.5 Å². The Balaban J connectivity index is 2.15. The molecule has 5 nitrogen and oxygen atoms in total. The molecule has 1 aliphatic heterocycles. The summed E-state index contributed by atoms with van der Waals surface area (Å²) >= 11 is 0. The topological polar surface area (TPSA) is 61.0 Å². The van der Waals surface area contributed by atoms with Crippen LogP contribution in [0.25, 0.3) is 0 Å². The van der Waals surface area contributed by atoms with E-state index in [0.29, 0.717) is 5.92 Å². The Kier molecular flexibility index (Phi) is 5.17. The summed E-state index contributed by atoms with van der Waals surface area (Å²) in [6, 6.07) is 1.62. The van der Waals surface area contributed by atoms with Gasteiger partial charge in [0.2, 0.25) is 0 Å². The molecule has 0 radical (unpaired) electrons. The summed E-state index contributed by atoms with van der Waals surface area (Å²) < 4.78 is 0. The number of nitrogens with one attached hydrogen (secondary N) is 2. The Morgan fingerprint density at radius 3 is 2.70 bits per heavy atom. The lowest BCUT2D eigenvalue weighted by Crippen LogP contribution is -2.37. The van der Waals surface area contributed by atoms with Crippen LogP contribution in [0.5, 0.6) is 0 Å². The molecule has 1 fully saturated rings. The molecular weight excluding hydrogens is 252 g/mol. The molecule has 0 atom stereocenters. The molecule has 0 saturated carbocycles. The van der Waals surface area contributed by atoms with Crippen LogP contribution >= 0.6 is 0 Å². The number of aromatic nitrogens is 2. The van der Waals surface area contributed by atoms with E-state index in [1.54, 1.807) is 6.07 Å². The predicted molar refractivity (Wildman–Crippen MR) is 82.4 cm³/mol. The quantitative estimate of drug-likeness (QED) is 0.861. The average Bonchev–Trinajstić information content (AvgIpc) is 2.45. The van der Waals surface area contributed by atoms with Crippen molar-refractivity contribution >= 4 is 5.82 Å². The number of aromatic amines is 1. The summed E-state index contributed by atoms with van der Waals surface area (Å²) in [6.07, 6.45) is 2.41. The highest BCUT2D eigenvalue weighted by Crippen LogP contribution is 2.18. The van der Waals surface area contributed by atoms with Crippen LogP contribution < -0.4 is 15.8 Å². The number of anilines is 1. The first kappa shape index (κ1) is 15.0. The SMILES string of the molecule is CCN(CC1CCNCC1)c1cc(=O)[nH]c(C(C)C)n1. The molecule has 0 bridgehead atoms. The van der Waals surface area contributed by atoms with Gasteiger partial charge in [0.25, 0.3) is 5.56 Å². The van der Waals surface area contributed by atoms with Gasteiger partial charge in [-0.1, -0.05) is 13.8 Å². The fourth-order valence-corrected chi connectivity index (χ4v) is 2.66. The van der Waals surface area contributed by atoms with E-state index in [2.05, 4.69) is 27.1 Å². The first-order valence-corrected chi connectivity index (χ1v) is 7.67. The van der Waals surface area contributed by atoms with Crippen LogP contribution in [0.2, 0.25) is 0 Å². The highest BCUT2D eigenvalue weighted by Gasteiger charge is 2.18. The van der Waals surface area contributed by atoms with E-state index >= 15 is 0 Å². The van der Waals surface area contributed by atoms with Gasteiger partial charge in [0.05, 0.1) is 0 Å². The number of nitrogens with zero attached hydrogens (tertiary/aromatic N) is 2. The smallest absolute Gasteiger partial charge is 0.252 e. The first-order chi connectivity index (χ1) is 9.60. The van der Waals surface area contributed by atoms with E-state index in [4.69, 9.17) is 0 Å². The van der Waals surface area contributed by atoms with Crippen LogP contribution in [-0.4, -0.2) is 36.1 Å². The second-order valence-corrected chi connectivity index (χ2v) is 5.88. The first-order valence-electron chi connectivity index (χ1n) is 7.67. The van der Waals surface area contributed by atoms with Crippen molar-refractivity contribution in [2.45, 2.75) is 39.5 Å². The Bertz CT molecular complexity index is 477. The van der Waals surface area contributed by atoms with Crippen molar-refractivity contribution in [3.63, 3.8) is 0 Å². The van der Waals surface area contributed by atoms with Crippen molar-refractivity contribution < 1.29 is 0 Å². The third-order valence-electron chi connectivity index (χ3n) is 3.94. The minimum atomic E-state index is -0.0533. The molecule has 1 aromatic heterocycles. The summed E-state index contributed by atoms with van der Waals surface area (Å²) in [5, 5.41) is 3.39. The van der Waals surface area contributed by atoms with Crippen LogP contribution in [-0.2, 0) is 0 Å². The summed E-state index contributed by atoms with van der Waals surface area (Å²) in [7, 11) is 0. The van der Waals surface area contributed by atoms with Gasteiger partial charge in [-0.15, -0.1) is 0 Å². The molecule has 112 valence electrons. The third kappa shape index (κ3) is 3.82. The van der Waals surface area contributed by atoms with Gasteiger partial charge in [0.1, 0.15) is 11.6 Å². The van der Waals surface area contributed by atoms with Gasteiger partial charge >= 0.3 is 0 Å². The summed E-state index contributed by atoms with van der Waals surface area (Å²) in [6.45, 7) is 10.3. The number of piperidine rings is 1. The minimum Gasteiger partial charge on any atom is -0.356 e. The second-order valence-electron chi connectivity index (χ2n) is 5.88. The van der Waals surface area contributed by atoms with Crippen molar-refractivity contribution in [3.8, 4) is 0 Å². The normalized spacial score (nSPS) is 16.6. The number of rotatable bonds is 5. The maximum Gasteiger partial charge on any atom is 0.252 e. The van der Waals surface area contributed by atoms with Crippen LogP contribution in [0.1, 0.15) is 45.4 Å². The van der Waals surface area contributed by atoms with Gasteiger partial charge in [-0.05, 0) is 38.8 Å². The molecule has 1 saturated heterocycles. The maximum absolute atomic E-state index is 11.8. The van der Waals surface area contributed by atoms with Crippen molar-refractivity contribution in [2.75, 3.05) is 31.1 Å². The molecule has 0 aromatic carbocycles. The van der Waals surface area contributed by atoms with E-state index < -0.39 is 0 Å². The second kappa shape index (κ2) is 6.88. The fraction of sp³-hybridized carbons (Fsp3) is 0.733. The van der Waals surface area contributed by atoms with Crippen LogP contribution in [0.4, 0.5) is 5.82 Å². The molecule has 2 heterocycles. The van der Waals surface area contributed by atoms with Crippen LogP contribution in [0, 0.1) is 5.92 Å². The molecule has 1 aromatic rings. The lowest BCUT2D eigenvalue weighted by molar-refractivity contribution is 0.374. The van der Waals surface area contributed by atoms with Crippen molar-refractivity contribution in [2.24, 2.45) is 5.92 Å². The van der Waals surface area contributed by atoms with Gasteiger partial charge in [-0.25, -0.2) is 4.98 Å². The molecule has 2 N–H and O–H groups in total. The number of hydrogen-bond donors (Lipinski definition) is 2. The zero-order valence-corrected chi connectivity index (χ0v) is 12.8. The Hall–Kier alpha value is -1.36. The zero-order valence-electron chi connectivity index (χ0n) is 12.8. The fourth-order valence-electron chi connectivity index (χ4n) is 2.66. The average molecular weight is 278 g/mol. The van der Waals surface area contributed by atoms with Gasteiger partial charge in [-0.3, -0.25) is 4.79 Å². The third-order valence-corrected chi connectivity index (χ3v) is 3.94. The standard InChI is InChI=1S/C15H26N4O/c1-4-19(10-12-5-7-16-8-6-12)13-9-14(20)18-15(17-13)11(2)3/h9,11-12,16H,4-8,10H2,1-3H3,(H,17,18,20). The molecule has 5 heteroatoms.